The van der Waals surface area contributed by atoms with Gasteiger partial charge in [0, 0.05) is 12.8 Å². The summed E-state index contributed by atoms with van der Waals surface area (Å²) in [4.78, 5) is 36.6. The van der Waals surface area contributed by atoms with Gasteiger partial charge >= 0.3 is 17.9 Å². The Morgan fingerprint density at radius 1 is 0.500 bits per heavy atom. The lowest BCUT2D eigenvalue weighted by Gasteiger charge is -2.37. The van der Waals surface area contributed by atoms with Gasteiger partial charge in [0.25, 0.3) is 0 Å². The van der Waals surface area contributed by atoms with Crippen LogP contribution >= 0.6 is 0 Å². The zero-order valence-electron chi connectivity index (χ0n) is 26.0. The van der Waals surface area contributed by atoms with E-state index in [1.165, 1.54) is 0 Å². The largest absolute Gasteiger partial charge is 0.497 e. The first-order valence-electron chi connectivity index (χ1n) is 14.6. The maximum Gasteiger partial charge on any atom is 0.316 e. The molecule has 4 aromatic rings. The van der Waals surface area contributed by atoms with Crippen molar-refractivity contribution >= 4 is 17.9 Å². The van der Waals surface area contributed by atoms with E-state index >= 15 is 0 Å². The predicted molar refractivity (Wildman–Crippen MR) is 168 cm³/mol. The molecule has 228 valence electrons. The molecule has 44 heavy (non-hydrogen) atoms. The molecule has 0 atom stereocenters. The highest BCUT2D eigenvalue weighted by Gasteiger charge is 2.39. The van der Waals surface area contributed by atoms with Gasteiger partial charge < -0.3 is 18.9 Å². The van der Waals surface area contributed by atoms with Gasteiger partial charge in [-0.05, 0) is 91.6 Å². The van der Waals surface area contributed by atoms with E-state index in [2.05, 4.69) is 0 Å². The van der Waals surface area contributed by atoms with Crippen LogP contribution in [0, 0.1) is 5.41 Å². The number of esters is 3. The quantitative estimate of drug-likeness (QED) is 0.106. The van der Waals surface area contributed by atoms with E-state index < -0.39 is 10.8 Å². The fourth-order valence-corrected chi connectivity index (χ4v) is 4.83. The lowest BCUT2D eigenvalue weighted by Crippen LogP contribution is -2.31. The molecule has 0 unspecified atom stereocenters. The number of rotatable bonds is 10. The highest BCUT2D eigenvalue weighted by molar-refractivity contribution is 5.78. The molecule has 7 nitrogen and oxygen atoms in total. The smallest absolute Gasteiger partial charge is 0.316 e. The molecule has 0 saturated heterocycles. The van der Waals surface area contributed by atoms with Crippen molar-refractivity contribution < 1.29 is 33.3 Å². The molecule has 0 N–H and O–H groups in total. The summed E-state index contributed by atoms with van der Waals surface area (Å²) in [5, 5.41) is 0. The monoisotopic (exact) mass is 594 g/mol. The van der Waals surface area contributed by atoms with Gasteiger partial charge in [0.05, 0.1) is 17.9 Å². The van der Waals surface area contributed by atoms with Gasteiger partial charge in [-0.15, -0.1) is 0 Å². The first kappa shape index (κ1) is 32.0. The van der Waals surface area contributed by atoms with Crippen molar-refractivity contribution in [2.75, 3.05) is 7.11 Å². The van der Waals surface area contributed by atoms with Crippen LogP contribution < -0.4 is 18.9 Å². The lowest BCUT2D eigenvalue weighted by atomic mass is 9.65. The van der Waals surface area contributed by atoms with Crippen LogP contribution in [0.3, 0.4) is 0 Å². The second-order valence-electron chi connectivity index (χ2n) is 11.3. The molecule has 0 amide bonds. The summed E-state index contributed by atoms with van der Waals surface area (Å²) >= 11 is 0. The SMILES string of the molecule is CCC(=O)Oc1ccc(C(c2ccc(OC)cc2)(c2ccc(OC(=O)CC)cc2)c2ccc(OC(=O)C(C)(C)C)cc2)cc1. The predicted octanol–water partition coefficient (Wildman–Crippen LogP) is 7.66. The van der Waals surface area contributed by atoms with Crippen molar-refractivity contribution in [3.63, 3.8) is 0 Å². The molecule has 0 aliphatic rings. The molecule has 0 spiro atoms. The fourth-order valence-electron chi connectivity index (χ4n) is 4.83. The Hall–Kier alpha value is -4.91. The van der Waals surface area contributed by atoms with Crippen LogP contribution in [0.5, 0.6) is 23.0 Å². The number of carbonyl (C=O) groups excluding carboxylic acids is 3. The van der Waals surface area contributed by atoms with Gasteiger partial charge in [0.15, 0.2) is 0 Å². The van der Waals surface area contributed by atoms with Crippen molar-refractivity contribution in [2.45, 2.75) is 52.9 Å². The number of methoxy groups -OCH3 is 1. The molecule has 0 saturated carbocycles. The summed E-state index contributed by atoms with van der Waals surface area (Å²) < 4.78 is 22.1. The average Bonchev–Trinajstić information content (AvgIpc) is 3.03. The fraction of sp³-hybridized carbons (Fsp3) is 0.270. The number of benzene rings is 4. The molecule has 7 heteroatoms. The maximum absolute atomic E-state index is 12.6. The third-order valence-corrected chi connectivity index (χ3v) is 7.25. The molecule has 4 aromatic carbocycles. The molecule has 0 aromatic heterocycles. The third kappa shape index (κ3) is 7.00. The van der Waals surface area contributed by atoms with Crippen LogP contribution in [0.4, 0.5) is 0 Å². The summed E-state index contributed by atoms with van der Waals surface area (Å²) in [6.45, 7) is 8.91. The van der Waals surface area contributed by atoms with Crippen LogP contribution in [0.25, 0.3) is 0 Å². The van der Waals surface area contributed by atoms with Crippen LogP contribution in [0.15, 0.2) is 97.1 Å². The minimum atomic E-state index is -0.889. The Morgan fingerprint density at radius 3 is 1.07 bits per heavy atom. The molecular weight excluding hydrogens is 556 g/mol. The Bertz CT molecular complexity index is 1520. The zero-order valence-corrected chi connectivity index (χ0v) is 26.0. The van der Waals surface area contributed by atoms with Crippen molar-refractivity contribution in [1.29, 1.82) is 0 Å². The summed E-state index contributed by atoms with van der Waals surface area (Å²) in [6.07, 6.45) is 0.525. The van der Waals surface area contributed by atoms with E-state index in [0.717, 1.165) is 22.3 Å². The van der Waals surface area contributed by atoms with Crippen LogP contribution in [-0.2, 0) is 19.8 Å². The van der Waals surface area contributed by atoms with Gasteiger partial charge in [0.1, 0.15) is 23.0 Å². The minimum Gasteiger partial charge on any atom is -0.497 e. The van der Waals surface area contributed by atoms with Crippen LogP contribution in [0.1, 0.15) is 69.7 Å². The molecule has 0 heterocycles. The molecule has 0 fully saturated rings. The van der Waals surface area contributed by atoms with Crippen molar-refractivity contribution in [2.24, 2.45) is 5.41 Å². The minimum absolute atomic E-state index is 0.263. The Kier molecular flexibility index (Phi) is 9.89. The number of ether oxygens (including phenoxy) is 4. The molecule has 0 bridgehead atoms. The van der Waals surface area contributed by atoms with Crippen molar-refractivity contribution in [3.05, 3.63) is 119 Å². The van der Waals surface area contributed by atoms with E-state index in [4.69, 9.17) is 18.9 Å². The van der Waals surface area contributed by atoms with Gasteiger partial charge in [-0.1, -0.05) is 62.4 Å². The summed E-state index contributed by atoms with van der Waals surface area (Å²) in [5.74, 6) is 1.04. The second-order valence-corrected chi connectivity index (χ2v) is 11.3. The number of hydrogen-bond donors (Lipinski definition) is 0. The standard InChI is InChI=1S/C37H38O7/c1-7-33(38)42-30-19-11-26(12-20-30)37(25-9-17-29(41-6)18-10-25,27-13-21-31(22-14-27)43-34(39)8-2)28-15-23-32(24-16-28)44-35(40)36(3,4)5/h9-24H,7-8H2,1-6H3. The average molecular weight is 595 g/mol. The maximum atomic E-state index is 12.6. The summed E-state index contributed by atoms with van der Waals surface area (Å²) in [7, 11) is 1.62. The van der Waals surface area contributed by atoms with E-state index in [-0.39, 0.29) is 30.7 Å². The first-order valence-corrected chi connectivity index (χ1v) is 14.6. The molecule has 4 rings (SSSR count). The van der Waals surface area contributed by atoms with E-state index in [9.17, 15) is 14.4 Å². The molecule has 0 aliphatic heterocycles. The van der Waals surface area contributed by atoms with Crippen LogP contribution in [-0.4, -0.2) is 25.0 Å². The highest BCUT2D eigenvalue weighted by atomic mass is 16.5. The normalized spacial score (nSPS) is 11.4. The summed E-state index contributed by atoms with van der Waals surface area (Å²) in [6, 6.07) is 30.1. The van der Waals surface area contributed by atoms with E-state index in [0.29, 0.717) is 23.0 Å². The molecular formula is C37H38O7. The van der Waals surface area contributed by atoms with E-state index in [1.807, 2.05) is 60.7 Å². The van der Waals surface area contributed by atoms with E-state index in [1.54, 1.807) is 78.1 Å². The lowest BCUT2D eigenvalue weighted by molar-refractivity contribution is -0.143. The molecule has 0 radical (unpaired) electrons. The summed E-state index contributed by atoms with van der Waals surface area (Å²) in [5.41, 5.74) is 2.04. The molecule has 0 aliphatic carbocycles. The highest BCUT2D eigenvalue weighted by Crippen LogP contribution is 2.46. The van der Waals surface area contributed by atoms with Gasteiger partial charge in [-0.2, -0.15) is 0 Å². The first-order chi connectivity index (χ1) is 21.0. The van der Waals surface area contributed by atoms with Gasteiger partial charge in [-0.3, -0.25) is 14.4 Å². The number of carbonyl (C=O) groups is 3. The Morgan fingerprint density at radius 2 is 0.795 bits per heavy atom. The topological polar surface area (TPSA) is 88.1 Å². The van der Waals surface area contributed by atoms with Crippen molar-refractivity contribution in [3.8, 4) is 23.0 Å². The van der Waals surface area contributed by atoms with Gasteiger partial charge in [0.2, 0.25) is 0 Å². The second kappa shape index (κ2) is 13.6. The Labute approximate surface area is 258 Å². The number of hydrogen-bond acceptors (Lipinski definition) is 7. The zero-order chi connectivity index (χ0) is 31.9. The van der Waals surface area contributed by atoms with Crippen LogP contribution in [0.2, 0.25) is 0 Å². The Balaban J connectivity index is 1.94. The van der Waals surface area contributed by atoms with Crippen molar-refractivity contribution in [1.82, 2.24) is 0 Å². The van der Waals surface area contributed by atoms with Gasteiger partial charge in [-0.25, -0.2) is 0 Å². The third-order valence-electron chi connectivity index (χ3n) is 7.25.